The number of aromatic hydroxyl groups is 1. The van der Waals surface area contributed by atoms with Crippen LogP contribution in [-0.2, 0) is 0 Å². The van der Waals surface area contributed by atoms with E-state index in [1.807, 2.05) is 43.9 Å². The second-order valence-electron chi connectivity index (χ2n) is 11.4. The standard InChI is InChI=1S/C32H35ClF2N4O2/c1-17(2)21-10-7-9-19(5)29(21)39-30-22(15-23(33)26(28(30)35)27-24(34)11-8-12-25(27)40)31(36-32(39)41)38-14-13-37(18(3)4)16-20(38)6/h7-12,15,17-18,20,40H,13-14,16H2,1-6H3/t20-/m1/s1. The number of hydrogen-bond acceptors (Lipinski definition) is 5. The predicted molar refractivity (Wildman–Crippen MR) is 162 cm³/mol. The lowest BCUT2D eigenvalue weighted by atomic mass is 9.96. The minimum absolute atomic E-state index is 0.0149. The zero-order chi connectivity index (χ0) is 29.7. The van der Waals surface area contributed by atoms with E-state index in [1.165, 1.54) is 22.8 Å². The highest BCUT2D eigenvalue weighted by Gasteiger charge is 2.31. The summed E-state index contributed by atoms with van der Waals surface area (Å²) >= 11 is 6.69. The number of phenols is 1. The molecule has 1 N–H and O–H groups in total. The minimum Gasteiger partial charge on any atom is -0.507 e. The number of aromatic nitrogens is 2. The molecule has 0 radical (unpaired) electrons. The molecule has 4 aromatic rings. The van der Waals surface area contributed by atoms with Crippen LogP contribution in [0.4, 0.5) is 14.6 Å². The molecule has 1 aromatic heterocycles. The summed E-state index contributed by atoms with van der Waals surface area (Å²) in [4.78, 5) is 22.9. The highest BCUT2D eigenvalue weighted by atomic mass is 35.5. The number of para-hydroxylation sites is 1. The largest absolute Gasteiger partial charge is 0.507 e. The highest BCUT2D eigenvalue weighted by molar-refractivity contribution is 6.34. The van der Waals surface area contributed by atoms with E-state index in [2.05, 4.69) is 30.7 Å². The Kier molecular flexibility index (Phi) is 7.83. The van der Waals surface area contributed by atoms with Crippen molar-refractivity contribution in [2.45, 2.75) is 59.5 Å². The van der Waals surface area contributed by atoms with Crippen LogP contribution in [-0.4, -0.2) is 51.3 Å². The maximum Gasteiger partial charge on any atom is 0.354 e. The number of hydrogen-bond donors (Lipinski definition) is 1. The van der Waals surface area contributed by atoms with Crippen molar-refractivity contribution >= 4 is 28.3 Å². The second kappa shape index (κ2) is 11.1. The molecule has 0 spiro atoms. The van der Waals surface area contributed by atoms with Crippen LogP contribution >= 0.6 is 11.6 Å². The van der Waals surface area contributed by atoms with Gasteiger partial charge in [0, 0.05) is 42.7 Å². The zero-order valence-corrected chi connectivity index (χ0v) is 24.9. The Morgan fingerprint density at radius 2 is 1.76 bits per heavy atom. The highest BCUT2D eigenvalue weighted by Crippen LogP contribution is 2.43. The van der Waals surface area contributed by atoms with E-state index in [0.717, 1.165) is 30.3 Å². The molecule has 0 bridgehead atoms. The number of phenolic OH excluding ortho intramolecular Hbond substituents is 1. The molecule has 1 aliphatic heterocycles. The van der Waals surface area contributed by atoms with Gasteiger partial charge >= 0.3 is 5.69 Å². The summed E-state index contributed by atoms with van der Waals surface area (Å²) in [6.07, 6.45) is 0. The van der Waals surface area contributed by atoms with Crippen LogP contribution in [0.25, 0.3) is 27.7 Å². The zero-order valence-electron chi connectivity index (χ0n) is 24.2. The van der Waals surface area contributed by atoms with E-state index in [-0.39, 0.29) is 33.6 Å². The van der Waals surface area contributed by atoms with Gasteiger partial charge < -0.3 is 10.0 Å². The van der Waals surface area contributed by atoms with E-state index in [9.17, 15) is 9.90 Å². The van der Waals surface area contributed by atoms with E-state index >= 15 is 8.78 Å². The number of nitrogens with zero attached hydrogens (tertiary/aromatic N) is 4. The number of halogens is 3. The van der Waals surface area contributed by atoms with Gasteiger partial charge in [-0.3, -0.25) is 9.47 Å². The molecular weight excluding hydrogens is 546 g/mol. The average Bonchev–Trinajstić information content (AvgIpc) is 2.90. The monoisotopic (exact) mass is 580 g/mol. The smallest absolute Gasteiger partial charge is 0.354 e. The summed E-state index contributed by atoms with van der Waals surface area (Å²) in [5.41, 5.74) is 0.756. The van der Waals surface area contributed by atoms with Crippen molar-refractivity contribution in [3.8, 4) is 22.6 Å². The summed E-state index contributed by atoms with van der Waals surface area (Å²) < 4.78 is 33.4. The van der Waals surface area contributed by atoms with E-state index in [0.29, 0.717) is 29.5 Å². The van der Waals surface area contributed by atoms with Crippen molar-refractivity contribution < 1.29 is 13.9 Å². The van der Waals surface area contributed by atoms with Crippen molar-refractivity contribution in [2.75, 3.05) is 24.5 Å². The number of benzene rings is 3. The molecule has 0 unspecified atom stereocenters. The maximum absolute atomic E-state index is 17.0. The summed E-state index contributed by atoms with van der Waals surface area (Å²) in [6.45, 7) is 14.3. The van der Waals surface area contributed by atoms with Gasteiger partial charge in [-0.1, -0.05) is 49.7 Å². The first-order valence-corrected chi connectivity index (χ1v) is 14.3. The maximum atomic E-state index is 17.0. The Hall–Kier alpha value is -3.49. The molecule has 0 saturated carbocycles. The number of rotatable bonds is 5. The molecule has 1 atom stereocenters. The molecule has 216 valence electrons. The summed E-state index contributed by atoms with van der Waals surface area (Å²) in [5.74, 6) is -1.83. The van der Waals surface area contributed by atoms with E-state index in [1.54, 1.807) is 0 Å². The van der Waals surface area contributed by atoms with Crippen LogP contribution in [0.1, 0.15) is 51.7 Å². The normalized spacial score (nSPS) is 16.4. The third kappa shape index (κ3) is 4.97. The average molecular weight is 581 g/mol. The van der Waals surface area contributed by atoms with Gasteiger partial charge in [-0.15, -0.1) is 0 Å². The Labute approximate surface area is 243 Å². The second-order valence-corrected chi connectivity index (χ2v) is 11.8. The van der Waals surface area contributed by atoms with Gasteiger partial charge in [-0.25, -0.2) is 13.6 Å². The Morgan fingerprint density at radius 1 is 1.05 bits per heavy atom. The lowest BCUT2D eigenvalue weighted by Gasteiger charge is -2.42. The van der Waals surface area contributed by atoms with Crippen molar-refractivity contribution in [3.63, 3.8) is 0 Å². The Morgan fingerprint density at radius 3 is 2.39 bits per heavy atom. The Balaban J connectivity index is 1.90. The van der Waals surface area contributed by atoms with Gasteiger partial charge in [0.25, 0.3) is 0 Å². The third-order valence-corrected chi connectivity index (χ3v) is 8.37. The lowest BCUT2D eigenvalue weighted by Crippen LogP contribution is -2.54. The van der Waals surface area contributed by atoms with E-state index in [4.69, 9.17) is 11.6 Å². The summed E-state index contributed by atoms with van der Waals surface area (Å²) in [7, 11) is 0. The molecule has 5 rings (SSSR count). The van der Waals surface area contributed by atoms with Crippen molar-refractivity contribution in [3.05, 3.63) is 80.7 Å². The first-order valence-electron chi connectivity index (χ1n) is 14.0. The van der Waals surface area contributed by atoms with Crippen LogP contribution < -0.4 is 10.6 Å². The van der Waals surface area contributed by atoms with Crippen LogP contribution in [0, 0.1) is 18.6 Å². The van der Waals surface area contributed by atoms with Crippen LogP contribution in [0.5, 0.6) is 5.75 Å². The summed E-state index contributed by atoms with van der Waals surface area (Å²) in [5, 5.41) is 10.8. The van der Waals surface area contributed by atoms with Crippen molar-refractivity contribution in [2.24, 2.45) is 0 Å². The van der Waals surface area contributed by atoms with Crippen molar-refractivity contribution in [1.29, 1.82) is 0 Å². The minimum atomic E-state index is -0.903. The molecule has 1 aliphatic rings. The topological polar surface area (TPSA) is 61.6 Å². The van der Waals surface area contributed by atoms with E-state index < -0.39 is 23.1 Å². The number of aryl methyl sites for hydroxylation is 1. The molecule has 6 nitrogen and oxygen atoms in total. The van der Waals surface area contributed by atoms with Crippen LogP contribution in [0.2, 0.25) is 5.02 Å². The van der Waals surface area contributed by atoms with Crippen molar-refractivity contribution in [1.82, 2.24) is 14.5 Å². The fraction of sp³-hybridized carbons (Fsp3) is 0.375. The quantitative estimate of drug-likeness (QED) is 0.274. The molecule has 41 heavy (non-hydrogen) atoms. The fourth-order valence-electron chi connectivity index (χ4n) is 5.93. The molecule has 1 saturated heterocycles. The van der Waals surface area contributed by atoms with Gasteiger partial charge in [-0.05, 0) is 62.9 Å². The number of piperazine rings is 1. The van der Waals surface area contributed by atoms with Crippen LogP contribution in [0.3, 0.4) is 0 Å². The molecule has 3 aromatic carbocycles. The van der Waals surface area contributed by atoms with Crippen LogP contribution in [0.15, 0.2) is 47.3 Å². The number of fused-ring (bicyclic) bond motifs is 1. The van der Waals surface area contributed by atoms with Gasteiger partial charge in [0.2, 0.25) is 0 Å². The Bertz CT molecular complexity index is 1680. The first kappa shape index (κ1) is 29.0. The summed E-state index contributed by atoms with van der Waals surface area (Å²) in [6, 6.07) is 11.3. The van der Waals surface area contributed by atoms with Gasteiger partial charge in [0.15, 0.2) is 5.82 Å². The number of anilines is 1. The molecule has 1 fully saturated rings. The fourth-order valence-corrected chi connectivity index (χ4v) is 6.22. The molecular formula is C32H35ClF2N4O2. The van der Waals surface area contributed by atoms with Gasteiger partial charge in [0.1, 0.15) is 17.4 Å². The molecule has 0 amide bonds. The van der Waals surface area contributed by atoms with Gasteiger partial charge in [-0.2, -0.15) is 4.98 Å². The molecule has 9 heteroatoms. The SMILES string of the molecule is Cc1cccc(C(C)C)c1-n1c(=O)nc(N2CCN(C(C)C)C[C@H]2C)c2cc(Cl)c(-c3c(O)cccc3F)c(F)c21. The third-order valence-electron chi connectivity index (χ3n) is 8.07. The van der Waals surface area contributed by atoms with Gasteiger partial charge in [0.05, 0.1) is 21.8 Å². The first-order chi connectivity index (χ1) is 19.4. The lowest BCUT2D eigenvalue weighted by molar-refractivity contribution is 0.185. The molecule has 0 aliphatic carbocycles. The molecule has 2 heterocycles. The predicted octanol–water partition coefficient (Wildman–Crippen LogP) is 7.04.